The van der Waals surface area contributed by atoms with Crippen LogP contribution in [0.1, 0.15) is 19.3 Å². The maximum absolute atomic E-state index is 6.19. The Kier molecular flexibility index (Phi) is 3.88. The lowest BCUT2D eigenvalue weighted by molar-refractivity contribution is 0.324. The van der Waals surface area contributed by atoms with Crippen molar-refractivity contribution in [2.45, 2.75) is 19.3 Å². The van der Waals surface area contributed by atoms with Crippen molar-refractivity contribution in [3.63, 3.8) is 0 Å². The van der Waals surface area contributed by atoms with E-state index in [1.807, 2.05) is 24.3 Å². The lowest BCUT2D eigenvalue weighted by Gasteiger charge is -2.33. The number of fused-ring (bicyclic) bond motifs is 1. The first-order valence-electron chi connectivity index (χ1n) is 8.06. The van der Waals surface area contributed by atoms with Gasteiger partial charge in [-0.2, -0.15) is 4.98 Å². The van der Waals surface area contributed by atoms with Crippen LogP contribution in [0.15, 0.2) is 54.6 Å². The van der Waals surface area contributed by atoms with E-state index in [9.17, 15) is 0 Å². The van der Waals surface area contributed by atoms with Gasteiger partial charge in [-0.15, -0.1) is 0 Å². The number of rotatable bonds is 4. The molecule has 1 heterocycles. The second-order valence-electron chi connectivity index (χ2n) is 6.08. The third-order valence-electron chi connectivity index (χ3n) is 4.54. The number of nitrogens with zero attached hydrogens (tertiary/aromatic N) is 3. The zero-order valence-corrected chi connectivity index (χ0v) is 13.6. The average molecular weight is 324 g/mol. The summed E-state index contributed by atoms with van der Waals surface area (Å²) in [5, 5.41) is 1.34. The third-order valence-corrected chi connectivity index (χ3v) is 4.71. The van der Waals surface area contributed by atoms with Gasteiger partial charge in [0.05, 0.1) is 5.52 Å². The zero-order chi connectivity index (χ0) is 15.6. The molecular formula is C19H18ClN3. The summed E-state index contributed by atoms with van der Waals surface area (Å²) in [6.07, 6.45) is 3.92. The van der Waals surface area contributed by atoms with E-state index in [4.69, 9.17) is 11.6 Å². The van der Waals surface area contributed by atoms with Crippen LogP contribution >= 0.6 is 11.6 Å². The van der Waals surface area contributed by atoms with Gasteiger partial charge in [-0.25, -0.2) is 4.98 Å². The van der Waals surface area contributed by atoms with Crippen LogP contribution < -0.4 is 4.90 Å². The molecule has 4 rings (SSSR count). The van der Waals surface area contributed by atoms with Gasteiger partial charge in [0.15, 0.2) is 0 Å². The Balaban J connectivity index is 1.85. The highest BCUT2D eigenvalue weighted by atomic mass is 35.5. The Hall–Kier alpha value is -2.13. The molecule has 1 saturated carbocycles. The molecule has 1 fully saturated rings. The Morgan fingerprint density at radius 1 is 0.957 bits per heavy atom. The maximum Gasteiger partial charge on any atom is 0.224 e. The minimum absolute atomic E-state index is 0.299. The summed E-state index contributed by atoms with van der Waals surface area (Å²) in [5.41, 5.74) is 2.04. The van der Waals surface area contributed by atoms with Crippen molar-refractivity contribution in [2.24, 2.45) is 5.92 Å². The average Bonchev–Trinajstić information content (AvgIpc) is 2.54. The molecule has 116 valence electrons. The molecule has 4 heteroatoms. The van der Waals surface area contributed by atoms with Crippen LogP contribution in [-0.2, 0) is 0 Å². The van der Waals surface area contributed by atoms with Crippen molar-refractivity contribution < 1.29 is 0 Å². The molecular weight excluding hydrogens is 306 g/mol. The van der Waals surface area contributed by atoms with Crippen molar-refractivity contribution in [2.75, 3.05) is 11.4 Å². The van der Waals surface area contributed by atoms with Crippen LogP contribution in [0.5, 0.6) is 0 Å². The third kappa shape index (κ3) is 2.89. The minimum Gasteiger partial charge on any atom is -0.325 e. The first kappa shape index (κ1) is 14.5. The number of benzene rings is 2. The van der Waals surface area contributed by atoms with E-state index in [1.165, 1.54) is 19.3 Å². The summed E-state index contributed by atoms with van der Waals surface area (Å²) in [6, 6.07) is 18.5. The van der Waals surface area contributed by atoms with E-state index in [1.54, 1.807) is 0 Å². The van der Waals surface area contributed by atoms with Crippen molar-refractivity contribution in [1.82, 2.24) is 9.97 Å². The normalized spacial score (nSPS) is 14.7. The second-order valence-corrected chi connectivity index (χ2v) is 6.41. The first-order chi connectivity index (χ1) is 11.3. The predicted octanol–water partition coefficient (Wildman–Crippen LogP) is 5.22. The topological polar surface area (TPSA) is 29.0 Å². The SMILES string of the molecule is Clc1nc(N(CC2CCC2)c2ccccc2)c2ccccc2n1. The molecule has 0 spiro atoms. The molecule has 1 aromatic heterocycles. The smallest absolute Gasteiger partial charge is 0.224 e. The van der Waals surface area contributed by atoms with Gasteiger partial charge in [-0.3, -0.25) is 0 Å². The van der Waals surface area contributed by atoms with Crippen LogP contribution in [0.3, 0.4) is 0 Å². The molecule has 0 radical (unpaired) electrons. The van der Waals surface area contributed by atoms with Crippen LogP contribution in [0.4, 0.5) is 11.5 Å². The summed E-state index contributed by atoms with van der Waals surface area (Å²) < 4.78 is 0. The summed E-state index contributed by atoms with van der Waals surface area (Å²) in [5.74, 6) is 1.63. The number of hydrogen-bond donors (Lipinski definition) is 0. The monoisotopic (exact) mass is 323 g/mol. The van der Waals surface area contributed by atoms with Gasteiger partial charge in [0.25, 0.3) is 0 Å². The van der Waals surface area contributed by atoms with Gasteiger partial charge in [-0.05, 0) is 54.6 Å². The highest BCUT2D eigenvalue weighted by Gasteiger charge is 2.24. The Morgan fingerprint density at radius 3 is 2.43 bits per heavy atom. The fourth-order valence-corrected chi connectivity index (χ4v) is 3.26. The van der Waals surface area contributed by atoms with E-state index in [2.05, 4.69) is 45.2 Å². The lowest BCUT2D eigenvalue weighted by atomic mass is 9.85. The highest BCUT2D eigenvalue weighted by molar-refractivity contribution is 6.28. The van der Waals surface area contributed by atoms with Gasteiger partial charge in [0, 0.05) is 17.6 Å². The van der Waals surface area contributed by atoms with E-state index in [-0.39, 0.29) is 0 Å². The number of aromatic nitrogens is 2. The van der Waals surface area contributed by atoms with Gasteiger partial charge in [0.1, 0.15) is 5.82 Å². The maximum atomic E-state index is 6.19. The number of halogens is 1. The molecule has 0 unspecified atom stereocenters. The van der Waals surface area contributed by atoms with Gasteiger partial charge in [0.2, 0.25) is 5.28 Å². The van der Waals surface area contributed by atoms with E-state index in [0.29, 0.717) is 5.28 Å². The second kappa shape index (κ2) is 6.17. The van der Waals surface area contributed by atoms with E-state index in [0.717, 1.165) is 34.9 Å². The standard InChI is InChI=1S/C19H18ClN3/c20-19-21-17-12-5-4-11-16(17)18(22-19)23(13-14-7-6-8-14)15-9-2-1-3-10-15/h1-5,9-12,14H,6-8,13H2. The van der Waals surface area contributed by atoms with Crippen molar-refractivity contribution >= 4 is 34.0 Å². The Labute approximate surface area is 140 Å². The largest absolute Gasteiger partial charge is 0.325 e. The molecule has 0 atom stereocenters. The summed E-state index contributed by atoms with van der Waals surface area (Å²) in [7, 11) is 0. The van der Waals surface area contributed by atoms with Crippen LogP contribution in [0.25, 0.3) is 10.9 Å². The highest BCUT2D eigenvalue weighted by Crippen LogP contribution is 2.35. The van der Waals surface area contributed by atoms with Crippen molar-refractivity contribution in [1.29, 1.82) is 0 Å². The fourth-order valence-electron chi connectivity index (χ4n) is 3.09. The molecule has 0 amide bonds. The molecule has 23 heavy (non-hydrogen) atoms. The summed E-state index contributed by atoms with van der Waals surface area (Å²) >= 11 is 6.19. The number of para-hydroxylation sites is 2. The predicted molar refractivity (Wildman–Crippen MR) is 95.3 cm³/mol. The van der Waals surface area contributed by atoms with Crippen molar-refractivity contribution in [3.05, 3.63) is 59.9 Å². The molecule has 3 aromatic rings. The molecule has 1 aliphatic rings. The minimum atomic E-state index is 0.299. The Morgan fingerprint density at radius 2 is 1.70 bits per heavy atom. The van der Waals surface area contributed by atoms with Gasteiger partial charge >= 0.3 is 0 Å². The van der Waals surface area contributed by atoms with Gasteiger partial charge < -0.3 is 4.90 Å². The molecule has 3 nitrogen and oxygen atoms in total. The van der Waals surface area contributed by atoms with Crippen molar-refractivity contribution in [3.8, 4) is 0 Å². The first-order valence-corrected chi connectivity index (χ1v) is 8.44. The Bertz CT molecular complexity index is 815. The van der Waals surface area contributed by atoms with Crippen LogP contribution in [-0.4, -0.2) is 16.5 Å². The van der Waals surface area contributed by atoms with E-state index < -0.39 is 0 Å². The molecule has 0 aliphatic heterocycles. The van der Waals surface area contributed by atoms with Gasteiger partial charge in [-0.1, -0.05) is 36.8 Å². The molecule has 0 bridgehead atoms. The zero-order valence-electron chi connectivity index (χ0n) is 12.8. The van der Waals surface area contributed by atoms with Crippen LogP contribution in [0, 0.1) is 5.92 Å². The molecule has 2 aromatic carbocycles. The van der Waals surface area contributed by atoms with E-state index >= 15 is 0 Å². The number of hydrogen-bond acceptors (Lipinski definition) is 3. The molecule has 1 aliphatic carbocycles. The summed E-state index contributed by atoms with van der Waals surface area (Å²) in [6.45, 7) is 0.974. The van der Waals surface area contributed by atoms with Crippen LogP contribution in [0.2, 0.25) is 5.28 Å². The fraction of sp³-hybridized carbons (Fsp3) is 0.263. The number of anilines is 2. The lowest BCUT2D eigenvalue weighted by Crippen LogP contribution is -2.29. The molecule has 0 N–H and O–H groups in total. The molecule has 0 saturated heterocycles. The summed E-state index contributed by atoms with van der Waals surface area (Å²) in [4.78, 5) is 11.2. The quantitative estimate of drug-likeness (QED) is 0.616.